The summed E-state index contributed by atoms with van der Waals surface area (Å²) in [5.74, 6) is -1.01. The fourth-order valence-electron chi connectivity index (χ4n) is 7.30. The lowest BCUT2D eigenvalue weighted by molar-refractivity contribution is -0.777. The van der Waals surface area contributed by atoms with Crippen LogP contribution >= 0.6 is 12.0 Å². The van der Waals surface area contributed by atoms with Gasteiger partial charge in [0.15, 0.2) is 0 Å². The van der Waals surface area contributed by atoms with E-state index in [9.17, 15) is 28.7 Å². The molecule has 0 aromatic rings. The molecule has 5 fully saturated rings. The van der Waals surface area contributed by atoms with Gasteiger partial charge in [-0.25, -0.2) is 4.79 Å². The number of alkyl halides is 2. The third-order valence-electron chi connectivity index (χ3n) is 8.18. The Kier molecular flexibility index (Phi) is 7.55. The Labute approximate surface area is 195 Å². The van der Waals surface area contributed by atoms with Crippen LogP contribution in [-0.4, -0.2) is 42.1 Å². The quantitative estimate of drug-likeness (QED) is 0.212. The number of hydrogen-bond donors (Lipinski definition) is 1. The average molecular weight is 494 g/mol. The second-order valence-electron chi connectivity index (χ2n) is 10.8. The van der Waals surface area contributed by atoms with E-state index in [1.165, 1.54) is 0 Å². The van der Waals surface area contributed by atoms with Crippen molar-refractivity contribution in [2.45, 2.75) is 69.5 Å². The van der Waals surface area contributed by atoms with Crippen molar-refractivity contribution in [1.29, 1.82) is 0 Å². The highest BCUT2D eigenvalue weighted by atomic mass is 32.2. The topological polar surface area (TPSA) is 114 Å². The van der Waals surface area contributed by atoms with Crippen LogP contribution in [0.3, 0.4) is 0 Å². The average Bonchev–Trinajstić information content (AvgIpc) is 2.79. The van der Waals surface area contributed by atoms with Crippen LogP contribution in [-0.2, 0) is 28.4 Å². The van der Waals surface area contributed by atoms with E-state index in [-0.39, 0.29) is 36.4 Å². The van der Waals surface area contributed by atoms with Gasteiger partial charge in [0, 0.05) is 17.4 Å². The maximum absolute atomic E-state index is 13.7. The first-order chi connectivity index (χ1) is 15.7. The third-order valence-corrected chi connectivity index (χ3v) is 8.68. The monoisotopic (exact) mass is 493 g/mol. The number of ether oxygens (including phenoxy) is 2. The second kappa shape index (κ2) is 9.93. The van der Waals surface area contributed by atoms with E-state index in [2.05, 4.69) is 9.37 Å². The van der Waals surface area contributed by atoms with E-state index in [0.717, 1.165) is 57.8 Å². The molecule has 33 heavy (non-hydrogen) atoms. The van der Waals surface area contributed by atoms with E-state index < -0.39 is 28.7 Å². The minimum Gasteiger partial charge on any atom is -0.691 e. The molecule has 4 bridgehead atoms. The van der Waals surface area contributed by atoms with Crippen molar-refractivity contribution in [3.05, 3.63) is 0 Å². The van der Waals surface area contributed by atoms with Gasteiger partial charge in [-0.1, -0.05) is 0 Å². The van der Waals surface area contributed by atoms with Crippen molar-refractivity contribution in [1.82, 2.24) is 0 Å². The van der Waals surface area contributed by atoms with Crippen molar-refractivity contribution < 1.29 is 47.6 Å². The Balaban J connectivity index is 1.34. The Morgan fingerprint density at radius 2 is 1.58 bits per heavy atom. The Morgan fingerprint density at radius 1 is 1.00 bits per heavy atom. The van der Waals surface area contributed by atoms with Gasteiger partial charge in [0.1, 0.15) is 12.0 Å². The zero-order valence-corrected chi connectivity index (χ0v) is 19.3. The Hall–Kier alpha value is -1.01. The van der Waals surface area contributed by atoms with Gasteiger partial charge < -0.3 is 19.8 Å². The molecule has 8 nitrogen and oxygen atoms in total. The highest BCUT2D eigenvalue weighted by Gasteiger charge is 2.59. The number of aliphatic hydroxyl groups excluding tert-OH is 1. The lowest BCUT2D eigenvalue weighted by Crippen LogP contribution is -2.55. The molecule has 0 aliphatic heterocycles. The molecule has 0 heterocycles. The smallest absolute Gasteiger partial charge is 0.415 e. The van der Waals surface area contributed by atoms with Gasteiger partial charge in [-0.2, -0.15) is 13.1 Å². The maximum Gasteiger partial charge on any atom is 0.415 e. The Bertz CT molecular complexity index is 713. The molecule has 2 unspecified atom stereocenters. The van der Waals surface area contributed by atoms with Crippen LogP contribution in [0.25, 0.3) is 0 Å². The molecule has 0 saturated heterocycles. The Morgan fingerprint density at radius 3 is 2.12 bits per heavy atom. The van der Waals surface area contributed by atoms with Crippen LogP contribution < -0.4 is 5.26 Å². The fraction of sp³-hybridized carbons (Fsp3) is 0.909. The molecule has 5 saturated carbocycles. The number of aliphatic hydroxyl groups is 1. The number of carbonyl (C=O) groups is 2. The number of carbonyl (C=O) groups excluding carboxylic acids is 2. The maximum atomic E-state index is 13.7. The van der Waals surface area contributed by atoms with Gasteiger partial charge in [0.2, 0.25) is 0 Å². The number of halogens is 2. The molecule has 0 amide bonds. The predicted octanol–water partition coefficient (Wildman–Crippen LogP) is 2.92. The van der Waals surface area contributed by atoms with Crippen molar-refractivity contribution in [2.24, 2.45) is 34.5 Å². The first-order valence-electron chi connectivity index (χ1n) is 11.6. The molecule has 1 N–H and O–H groups in total. The van der Waals surface area contributed by atoms with Gasteiger partial charge in [0.05, 0.1) is 19.1 Å². The van der Waals surface area contributed by atoms with E-state index in [4.69, 9.17) is 9.47 Å². The zero-order valence-electron chi connectivity index (χ0n) is 18.5. The van der Waals surface area contributed by atoms with Crippen molar-refractivity contribution in [3.8, 4) is 0 Å². The summed E-state index contributed by atoms with van der Waals surface area (Å²) in [6, 6.07) is 0. The summed E-state index contributed by atoms with van der Waals surface area (Å²) in [5.41, 5.74) is -0.604. The van der Waals surface area contributed by atoms with Crippen LogP contribution in [0.5, 0.6) is 0 Å². The first-order valence-corrected chi connectivity index (χ1v) is 12.4. The van der Waals surface area contributed by atoms with Crippen LogP contribution in [0.2, 0.25) is 0 Å². The molecule has 5 rings (SSSR count). The summed E-state index contributed by atoms with van der Waals surface area (Å²) in [7, 11) is 0. The third kappa shape index (κ3) is 5.63. The summed E-state index contributed by atoms with van der Waals surface area (Å²) in [6.45, 7) is 0.341. The molecule has 11 heteroatoms. The zero-order chi connectivity index (χ0) is 23.7. The van der Waals surface area contributed by atoms with E-state index in [0.29, 0.717) is 24.9 Å². The summed E-state index contributed by atoms with van der Waals surface area (Å²) >= 11 is -0.685. The molecular formula is C22H31F2O8S-. The molecule has 0 aromatic heterocycles. The van der Waals surface area contributed by atoms with Gasteiger partial charge in [-0.05, 0) is 82.0 Å². The van der Waals surface area contributed by atoms with E-state index in [1.807, 2.05) is 0 Å². The molecule has 0 aromatic carbocycles. The van der Waals surface area contributed by atoms with Crippen molar-refractivity contribution >= 4 is 24.0 Å². The minimum atomic E-state index is -4.05. The number of rotatable bonds is 10. The number of esters is 2. The van der Waals surface area contributed by atoms with E-state index in [1.54, 1.807) is 0 Å². The molecule has 0 radical (unpaired) electrons. The van der Waals surface area contributed by atoms with Gasteiger partial charge >= 0.3 is 17.2 Å². The van der Waals surface area contributed by atoms with Crippen molar-refractivity contribution in [3.63, 3.8) is 0 Å². The fourth-order valence-corrected chi connectivity index (χ4v) is 7.54. The van der Waals surface area contributed by atoms with E-state index >= 15 is 0 Å². The number of hydrogen-bond acceptors (Lipinski definition) is 9. The van der Waals surface area contributed by atoms with Gasteiger partial charge in [-0.15, -0.1) is 0 Å². The van der Waals surface area contributed by atoms with Crippen LogP contribution in [0.4, 0.5) is 8.78 Å². The van der Waals surface area contributed by atoms with Crippen LogP contribution in [0, 0.1) is 34.5 Å². The molecule has 0 spiro atoms. The highest BCUT2D eigenvalue weighted by Crippen LogP contribution is 2.65. The summed E-state index contributed by atoms with van der Waals surface area (Å²) < 4.78 is 41.9. The highest BCUT2D eigenvalue weighted by molar-refractivity contribution is 7.96. The normalized spacial score (nSPS) is 37.7. The molecule has 188 valence electrons. The van der Waals surface area contributed by atoms with Gasteiger partial charge in [0.25, 0.3) is 0 Å². The predicted molar refractivity (Wildman–Crippen MR) is 109 cm³/mol. The summed E-state index contributed by atoms with van der Waals surface area (Å²) in [5, 5.41) is 17.9. The lowest BCUT2D eigenvalue weighted by Gasteiger charge is -2.61. The first kappa shape index (κ1) is 25.1. The second-order valence-corrected chi connectivity index (χ2v) is 11.6. The molecular weight excluding hydrogens is 462 g/mol. The van der Waals surface area contributed by atoms with Crippen LogP contribution in [0.15, 0.2) is 0 Å². The van der Waals surface area contributed by atoms with Gasteiger partial charge in [-0.3, -0.25) is 9.83 Å². The SMILES string of the molecule is O=C(OCC12CC3CC(C1)CC(COC(=O)C(F)(F)SOO[O-])(C3)C2)C1CCC(CO)CC1. The molecule has 5 aliphatic carbocycles. The van der Waals surface area contributed by atoms with Crippen LogP contribution in [0.1, 0.15) is 64.2 Å². The molecule has 5 aliphatic rings. The summed E-state index contributed by atoms with van der Waals surface area (Å²) in [4.78, 5) is 24.6. The largest absolute Gasteiger partial charge is 0.691 e. The van der Waals surface area contributed by atoms with Crippen molar-refractivity contribution in [2.75, 3.05) is 19.8 Å². The molecule has 2 atom stereocenters. The summed E-state index contributed by atoms with van der Waals surface area (Å²) in [6.07, 6.45) is 8.33. The standard InChI is InChI=1S/C22H32F2O8S/c23-22(24,33-32-31-28)19(27)30-13-21-8-15-5-16(9-21)7-20(6-15,11-21)12-29-18(26)17-3-1-14(10-25)2-4-17/h14-17,25,28H,1-13H2/p-1. The lowest BCUT2D eigenvalue weighted by atomic mass is 9.44. The minimum absolute atomic E-state index is 0.128.